The fourth-order valence-electron chi connectivity index (χ4n) is 4.11. The van der Waals surface area contributed by atoms with E-state index in [9.17, 15) is 9.18 Å². The van der Waals surface area contributed by atoms with E-state index in [0.717, 1.165) is 18.4 Å². The number of piperidine rings is 1. The minimum absolute atomic E-state index is 0.0293. The Morgan fingerprint density at radius 3 is 2.84 bits per heavy atom. The average molecular weight is 424 g/mol. The number of aromatic nitrogens is 3. The van der Waals surface area contributed by atoms with Gasteiger partial charge in [-0.05, 0) is 43.0 Å². The van der Waals surface area contributed by atoms with Crippen LogP contribution in [0.3, 0.4) is 0 Å². The summed E-state index contributed by atoms with van der Waals surface area (Å²) >= 11 is 0. The van der Waals surface area contributed by atoms with Gasteiger partial charge in [0, 0.05) is 44.8 Å². The molecule has 31 heavy (non-hydrogen) atoms. The Hall–Kier alpha value is -3.13. The third-order valence-corrected chi connectivity index (χ3v) is 5.84. The lowest BCUT2D eigenvalue weighted by Gasteiger charge is -2.41. The highest BCUT2D eigenvalue weighted by molar-refractivity contribution is 5.79. The van der Waals surface area contributed by atoms with Gasteiger partial charge in [-0.1, -0.05) is 23.4 Å². The molecule has 2 aromatic heterocycles. The van der Waals surface area contributed by atoms with Crippen LogP contribution in [-0.2, 0) is 21.4 Å². The molecule has 1 aromatic carbocycles. The molecule has 1 fully saturated rings. The van der Waals surface area contributed by atoms with Crippen LogP contribution < -0.4 is 0 Å². The zero-order valence-corrected chi connectivity index (χ0v) is 17.5. The minimum Gasteiger partial charge on any atom is -0.385 e. The van der Waals surface area contributed by atoms with Crippen LogP contribution >= 0.6 is 0 Å². The van der Waals surface area contributed by atoms with Gasteiger partial charge >= 0.3 is 0 Å². The molecule has 162 valence electrons. The lowest BCUT2D eigenvalue weighted by atomic mass is 9.76. The van der Waals surface area contributed by atoms with Crippen molar-refractivity contribution in [1.82, 2.24) is 20.0 Å². The topological polar surface area (TPSA) is 81.3 Å². The molecule has 0 spiro atoms. The molecule has 3 heterocycles. The van der Waals surface area contributed by atoms with Crippen LogP contribution in [0.2, 0.25) is 0 Å². The van der Waals surface area contributed by atoms with E-state index in [1.807, 2.05) is 12.1 Å². The molecule has 1 aliphatic heterocycles. The number of carbonyl (C=O) groups excluding carboxylic acids is 1. The molecule has 8 heteroatoms. The highest BCUT2D eigenvalue weighted by atomic mass is 19.1. The summed E-state index contributed by atoms with van der Waals surface area (Å²) in [5.41, 5.74) is 0.715. The van der Waals surface area contributed by atoms with Crippen LogP contribution in [-0.4, -0.2) is 52.7 Å². The van der Waals surface area contributed by atoms with E-state index < -0.39 is 5.41 Å². The Morgan fingerprint density at radius 2 is 2.06 bits per heavy atom. The maximum absolute atomic E-state index is 14.0. The molecule has 1 aliphatic rings. The SMILES string of the molecule is COCCC1(c2noc(-c3ccncc3)n2)CCCN(C(=O)Cc2ccccc2F)C1. The first kappa shape index (κ1) is 21.1. The summed E-state index contributed by atoms with van der Waals surface area (Å²) in [5, 5.41) is 4.27. The number of hydrogen-bond donors (Lipinski definition) is 0. The van der Waals surface area contributed by atoms with Gasteiger partial charge in [0.1, 0.15) is 5.82 Å². The third kappa shape index (κ3) is 4.64. The van der Waals surface area contributed by atoms with Crippen molar-refractivity contribution in [3.05, 3.63) is 66.0 Å². The van der Waals surface area contributed by atoms with Crippen molar-refractivity contribution in [3.8, 4) is 11.5 Å². The van der Waals surface area contributed by atoms with Gasteiger partial charge < -0.3 is 14.2 Å². The number of rotatable bonds is 7. The maximum Gasteiger partial charge on any atom is 0.258 e. The molecule has 1 unspecified atom stereocenters. The fraction of sp³-hybridized carbons (Fsp3) is 0.391. The molecule has 0 aliphatic carbocycles. The second-order valence-electron chi connectivity index (χ2n) is 7.87. The molecule has 1 amide bonds. The van der Waals surface area contributed by atoms with Gasteiger partial charge in [0.05, 0.1) is 11.8 Å². The molecular formula is C23H25FN4O3. The van der Waals surface area contributed by atoms with Crippen molar-refractivity contribution < 1.29 is 18.4 Å². The molecule has 0 bridgehead atoms. The quantitative estimate of drug-likeness (QED) is 0.578. The zero-order chi connectivity index (χ0) is 21.7. The number of nitrogens with zero attached hydrogens (tertiary/aromatic N) is 4. The van der Waals surface area contributed by atoms with Gasteiger partial charge in [0.2, 0.25) is 5.91 Å². The van der Waals surface area contributed by atoms with E-state index in [-0.39, 0.29) is 18.1 Å². The number of amides is 1. The van der Waals surface area contributed by atoms with Gasteiger partial charge in [-0.15, -0.1) is 0 Å². The Labute approximate surface area is 180 Å². The van der Waals surface area contributed by atoms with Crippen LogP contribution in [0.1, 0.15) is 30.7 Å². The first-order valence-electron chi connectivity index (χ1n) is 10.4. The van der Waals surface area contributed by atoms with Crippen LogP contribution in [0.15, 0.2) is 53.3 Å². The van der Waals surface area contributed by atoms with Gasteiger partial charge in [-0.2, -0.15) is 4.98 Å². The van der Waals surface area contributed by atoms with Crippen molar-refractivity contribution in [2.75, 3.05) is 26.8 Å². The first-order chi connectivity index (χ1) is 15.1. The number of ether oxygens (including phenoxy) is 1. The largest absolute Gasteiger partial charge is 0.385 e. The number of pyridine rings is 1. The zero-order valence-electron chi connectivity index (χ0n) is 17.5. The number of carbonyl (C=O) groups is 1. The molecule has 0 radical (unpaired) electrons. The third-order valence-electron chi connectivity index (χ3n) is 5.84. The summed E-state index contributed by atoms with van der Waals surface area (Å²) in [7, 11) is 1.65. The van der Waals surface area contributed by atoms with Crippen molar-refractivity contribution in [3.63, 3.8) is 0 Å². The molecule has 0 saturated carbocycles. The average Bonchev–Trinajstić information content (AvgIpc) is 3.31. The van der Waals surface area contributed by atoms with E-state index in [1.165, 1.54) is 6.07 Å². The van der Waals surface area contributed by atoms with Crippen LogP contribution in [0, 0.1) is 5.82 Å². The predicted molar refractivity (Wildman–Crippen MR) is 112 cm³/mol. The van der Waals surface area contributed by atoms with Crippen molar-refractivity contribution >= 4 is 5.91 Å². The van der Waals surface area contributed by atoms with Gasteiger partial charge in [0.25, 0.3) is 5.89 Å². The van der Waals surface area contributed by atoms with Crippen LogP contribution in [0.5, 0.6) is 0 Å². The monoisotopic (exact) mass is 424 g/mol. The normalized spacial score (nSPS) is 18.8. The minimum atomic E-state index is -0.478. The lowest BCUT2D eigenvalue weighted by molar-refractivity contribution is -0.133. The summed E-state index contributed by atoms with van der Waals surface area (Å²) in [6.07, 6.45) is 5.64. The lowest BCUT2D eigenvalue weighted by Crippen LogP contribution is -2.50. The summed E-state index contributed by atoms with van der Waals surface area (Å²) in [4.78, 5) is 23.5. The number of hydrogen-bond acceptors (Lipinski definition) is 6. The van der Waals surface area contributed by atoms with Crippen molar-refractivity contribution in [2.45, 2.75) is 31.1 Å². The highest BCUT2D eigenvalue weighted by Crippen LogP contribution is 2.37. The summed E-state index contributed by atoms with van der Waals surface area (Å²) in [5.74, 6) is 0.520. The predicted octanol–water partition coefficient (Wildman–Crippen LogP) is 3.41. The van der Waals surface area contributed by atoms with E-state index in [2.05, 4.69) is 15.1 Å². The van der Waals surface area contributed by atoms with E-state index in [0.29, 0.717) is 43.4 Å². The Kier molecular flexibility index (Phi) is 6.36. The van der Waals surface area contributed by atoms with E-state index in [1.54, 1.807) is 42.6 Å². The number of benzene rings is 1. The van der Waals surface area contributed by atoms with E-state index in [4.69, 9.17) is 9.26 Å². The van der Waals surface area contributed by atoms with Crippen LogP contribution in [0.4, 0.5) is 4.39 Å². The van der Waals surface area contributed by atoms with Gasteiger partial charge in [-0.25, -0.2) is 4.39 Å². The first-order valence-corrected chi connectivity index (χ1v) is 10.4. The molecule has 1 saturated heterocycles. The smallest absolute Gasteiger partial charge is 0.258 e. The molecule has 1 atom stereocenters. The van der Waals surface area contributed by atoms with E-state index >= 15 is 0 Å². The number of halogens is 1. The molecular weight excluding hydrogens is 399 g/mol. The van der Waals surface area contributed by atoms with Crippen molar-refractivity contribution in [1.29, 1.82) is 0 Å². The summed E-state index contributed by atoms with van der Waals surface area (Å²) in [6, 6.07) is 10.0. The van der Waals surface area contributed by atoms with Gasteiger partial charge in [0.15, 0.2) is 5.82 Å². The Bertz CT molecular complexity index is 1030. The molecule has 0 N–H and O–H groups in total. The van der Waals surface area contributed by atoms with Crippen LogP contribution in [0.25, 0.3) is 11.5 Å². The Morgan fingerprint density at radius 1 is 1.26 bits per heavy atom. The highest BCUT2D eigenvalue weighted by Gasteiger charge is 2.42. The molecule has 4 rings (SSSR count). The summed E-state index contributed by atoms with van der Waals surface area (Å²) < 4.78 is 24.9. The number of methoxy groups -OCH3 is 1. The molecule has 7 nitrogen and oxygen atoms in total. The van der Waals surface area contributed by atoms with Gasteiger partial charge in [-0.3, -0.25) is 9.78 Å². The molecule has 3 aromatic rings. The maximum atomic E-state index is 14.0. The Balaban J connectivity index is 1.57. The van der Waals surface area contributed by atoms with Crippen molar-refractivity contribution in [2.24, 2.45) is 0 Å². The fourth-order valence-corrected chi connectivity index (χ4v) is 4.11. The summed E-state index contributed by atoms with van der Waals surface area (Å²) in [6.45, 7) is 1.57. The number of likely N-dealkylation sites (tertiary alicyclic amines) is 1. The standard InChI is InChI=1S/C23H25FN4O3/c1-30-14-10-23(22-26-21(31-27-22)17-7-11-25-12-8-17)9-4-13-28(16-23)20(29)15-18-5-2-3-6-19(18)24/h2-3,5-8,11-12H,4,9-10,13-16H2,1H3. The second-order valence-corrected chi connectivity index (χ2v) is 7.87. The second kappa shape index (κ2) is 9.34.